The summed E-state index contributed by atoms with van der Waals surface area (Å²) in [6.45, 7) is 3.73. The molecule has 0 amide bonds. The van der Waals surface area contributed by atoms with Gasteiger partial charge in [-0.05, 0) is 17.7 Å². The third-order valence-electron chi connectivity index (χ3n) is 3.73. The van der Waals surface area contributed by atoms with Crippen molar-refractivity contribution in [3.63, 3.8) is 0 Å². The maximum absolute atomic E-state index is 10.8. The minimum atomic E-state index is -1.09. The van der Waals surface area contributed by atoms with Crippen LogP contribution in [0.3, 0.4) is 0 Å². The standard InChI is InChI=1S/C16H17BrN4O3/c17-12-2-1-11(14(7-12)21-3-5-24-6-4-21)8-19-15-10-18-13(9-20-15)16(22)23/h1-2,7,9-10H,3-6,8H2,(H,19,20)(H,22,23). The fraction of sp³-hybridized carbons (Fsp3) is 0.312. The van der Waals surface area contributed by atoms with Crippen LogP contribution in [0.5, 0.6) is 0 Å². The number of aromatic carboxylic acids is 1. The van der Waals surface area contributed by atoms with Gasteiger partial charge in [0.2, 0.25) is 0 Å². The minimum Gasteiger partial charge on any atom is -0.476 e. The largest absolute Gasteiger partial charge is 0.476 e. The molecule has 0 aliphatic carbocycles. The van der Waals surface area contributed by atoms with Crippen molar-refractivity contribution in [3.8, 4) is 0 Å². The number of anilines is 2. The molecule has 3 rings (SSSR count). The highest BCUT2D eigenvalue weighted by Crippen LogP contribution is 2.26. The smallest absolute Gasteiger partial charge is 0.356 e. The monoisotopic (exact) mass is 392 g/mol. The highest BCUT2D eigenvalue weighted by Gasteiger charge is 2.15. The molecule has 1 aliphatic rings. The van der Waals surface area contributed by atoms with Gasteiger partial charge in [-0.1, -0.05) is 22.0 Å². The van der Waals surface area contributed by atoms with E-state index in [1.54, 1.807) is 0 Å². The number of nitrogens with zero attached hydrogens (tertiary/aromatic N) is 3. The second-order valence-corrected chi connectivity index (χ2v) is 6.23. The van der Waals surface area contributed by atoms with Crippen LogP contribution in [0.15, 0.2) is 35.1 Å². The zero-order chi connectivity index (χ0) is 16.9. The number of rotatable bonds is 5. The summed E-state index contributed by atoms with van der Waals surface area (Å²) >= 11 is 3.52. The fourth-order valence-electron chi connectivity index (χ4n) is 2.50. The number of carboxylic acid groups (broad SMARTS) is 1. The lowest BCUT2D eigenvalue weighted by Crippen LogP contribution is -2.36. The van der Waals surface area contributed by atoms with E-state index in [0.717, 1.165) is 42.0 Å². The molecular weight excluding hydrogens is 376 g/mol. The van der Waals surface area contributed by atoms with Gasteiger partial charge in [0.1, 0.15) is 5.82 Å². The molecule has 0 unspecified atom stereocenters. The summed E-state index contributed by atoms with van der Waals surface area (Å²) in [5, 5.41) is 12.0. The van der Waals surface area contributed by atoms with E-state index in [4.69, 9.17) is 9.84 Å². The van der Waals surface area contributed by atoms with Gasteiger partial charge in [0.15, 0.2) is 5.69 Å². The number of halogens is 1. The van der Waals surface area contributed by atoms with Crippen molar-refractivity contribution in [3.05, 3.63) is 46.3 Å². The molecule has 1 aromatic heterocycles. The van der Waals surface area contributed by atoms with Gasteiger partial charge in [-0.25, -0.2) is 14.8 Å². The number of carboxylic acids is 1. The molecule has 1 aliphatic heterocycles. The van der Waals surface area contributed by atoms with Crippen molar-refractivity contribution in [2.45, 2.75) is 6.54 Å². The Morgan fingerprint density at radius 2 is 2.08 bits per heavy atom. The van der Waals surface area contributed by atoms with Crippen LogP contribution in [0.2, 0.25) is 0 Å². The Morgan fingerprint density at radius 3 is 2.75 bits per heavy atom. The number of aromatic nitrogens is 2. The molecule has 8 heteroatoms. The van der Waals surface area contributed by atoms with Crippen LogP contribution in [-0.2, 0) is 11.3 Å². The molecule has 0 saturated carbocycles. The number of benzene rings is 1. The van der Waals surface area contributed by atoms with Crippen LogP contribution in [0.1, 0.15) is 16.1 Å². The first-order valence-corrected chi connectivity index (χ1v) is 8.33. The molecule has 0 bridgehead atoms. The van der Waals surface area contributed by atoms with E-state index in [9.17, 15) is 4.79 Å². The van der Waals surface area contributed by atoms with Crippen LogP contribution in [0.25, 0.3) is 0 Å². The number of carbonyl (C=O) groups is 1. The third kappa shape index (κ3) is 4.01. The number of hydrogen-bond donors (Lipinski definition) is 2. The third-order valence-corrected chi connectivity index (χ3v) is 4.22. The van der Waals surface area contributed by atoms with Crippen LogP contribution in [0, 0.1) is 0 Å². The predicted octanol–water partition coefficient (Wildman–Crippen LogP) is 2.39. The van der Waals surface area contributed by atoms with Crippen LogP contribution < -0.4 is 10.2 Å². The van der Waals surface area contributed by atoms with E-state index in [-0.39, 0.29) is 5.69 Å². The van der Waals surface area contributed by atoms with Gasteiger partial charge < -0.3 is 20.1 Å². The molecular formula is C16H17BrN4O3. The summed E-state index contributed by atoms with van der Waals surface area (Å²) in [6, 6.07) is 6.16. The fourth-order valence-corrected chi connectivity index (χ4v) is 2.85. The SMILES string of the molecule is O=C(O)c1cnc(NCc2ccc(Br)cc2N2CCOCC2)cn1. The first kappa shape index (κ1) is 16.7. The topological polar surface area (TPSA) is 87.6 Å². The van der Waals surface area contributed by atoms with Gasteiger partial charge >= 0.3 is 5.97 Å². The van der Waals surface area contributed by atoms with Crippen molar-refractivity contribution in [1.29, 1.82) is 0 Å². The van der Waals surface area contributed by atoms with Crippen molar-refractivity contribution < 1.29 is 14.6 Å². The molecule has 126 valence electrons. The lowest BCUT2D eigenvalue weighted by atomic mass is 10.1. The van der Waals surface area contributed by atoms with E-state index >= 15 is 0 Å². The molecule has 1 saturated heterocycles. The first-order valence-electron chi connectivity index (χ1n) is 7.54. The second kappa shape index (κ2) is 7.59. The highest BCUT2D eigenvalue weighted by molar-refractivity contribution is 9.10. The molecule has 2 heterocycles. The van der Waals surface area contributed by atoms with Gasteiger partial charge in [-0.3, -0.25) is 0 Å². The van der Waals surface area contributed by atoms with Gasteiger partial charge in [0.25, 0.3) is 0 Å². The van der Waals surface area contributed by atoms with Crippen LogP contribution >= 0.6 is 15.9 Å². The minimum absolute atomic E-state index is 0.0711. The van der Waals surface area contributed by atoms with E-state index in [0.29, 0.717) is 12.4 Å². The molecule has 1 fully saturated rings. The van der Waals surface area contributed by atoms with Crippen LogP contribution in [-0.4, -0.2) is 47.3 Å². The second-order valence-electron chi connectivity index (χ2n) is 5.32. The normalized spacial score (nSPS) is 14.5. The van der Waals surface area contributed by atoms with Crippen molar-refractivity contribution in [1.82, 2.24) is 9.97 Å². The number of morpholine rings is 1. The van der Waals surface area contributed by atoms with Crippen molar-refractivity contribution in [2.24, 2.45) is 0 Å². The summed E-state index contributed by atoms with van der Waals surface area (Å²) in [6.07, 6.45) is 2.67. The van der Waals surface area contributed by atoms with E-state index in [1.165, 1.54) is 12.4 Å². The maximum Gasteiger partial charge on any atom is 0.356 e. The Hall–Kier alpha value is -2.19. The Morgan fingerprint density at radius 1 is 1.29 bits per heavy atom. The zero-order valence-electron chi connectivity index (χ0n) is 12.9. The van der Waals surface area contributed by atoms with E-state index in [1.807, 2.05) is 6.07 Å². The Balaban J connectivity index is 1.73. The Bertz CT molecular complexity index is 718. The lowest BCUT2D eigenvalue weighted by Gasteiger charge is -2.31. The number of nitrogens with one attached hydrogen (secondary N) is 1. The molecule has 24 heavy (non-hydrogen) atoms. The summed E-state index contributed by atoms with van der Waals surface area (Å²) in [5.74, 6) is -0.549. The molecule has 0 radical (unpaired) electrons. The first-order chi connectivity index (χ1) is 11.6. The van der Waals surface area contributed by atoms with Gasteiger partial charge in [0, 0.05) is 29.8 Å². The van der Waals surface area contributed by atoms with Gasteiger partial charge in [0.05, 0.1) is 25.6 Å². The lowest BCUT2D eigenvalue weighted by molar-refractivity contribution is 0.0690. The molecule has 0 spiro atoms. The van der Waals surface area contributed by atoms with Crippen LogP contribution in [0.4, 0.5) is 11.5 Å². The van der Waals surface area contributed by atoms with Crippen molar-refractivity contribution >= 4 is 33.4 Å². The zero-order valence-corrected chi connectivity index (χ0v) is 14.5. The van der Waals surface area contributed by atoms with E-state index in [2.05, 4.69) is 48.2 Å². The summed E-state index contributed by atoms with van der Waals surface area (Å²) < 4.78 is 6.44. The van der Waals surface area contributed by atoms with Crippen molar-refractivity contribution in [2.75, 3.05) is 36.5 Å². The molecule has 1 aromatic carbocycles. The Labute approximate surface area is 147 Å². The van der Waals surface area contributed by atoms with Gasteiger partial charge in [-0.15, -0.1) is 0 Å². The number of ether oxygens (including phenoxy) is 1. The summed E-state index contributed by atoms with van der Waals surface area (Å²) in [5.41, 5.74) is 2.21. The van der Waals surface area contributed by atoms with Gasteiger partial charge in [-0.2, -0.15) is 0 Å². The predicted molar refractivity (Wildman–Crippen MR) is 93.5 cm³/mol. The Kier molecular flexibility index (Phi) is 5.27. The average Bonchev–Trinajstić information content (AvgIpc) is 2.61. The number of hydrogen-bond acceptors (Lipinski definition) is 6. The average molecular weight is 393 g/mol. The summed E-state index contributed by atoms with van der Waals surface area (Å²) in [4.78, 5) is 21.0. The molecule has 7 nitrogen and oxygen atoms in total. The molecule has 2 aromatic rings. The maximum atomic E-state index is 10.8. The highest BCUT2D eigenvalue weighted by atomic mass is 79.9. The summed E-state index contributed by atoms with van der Waals surface area (Å²) in [7, 11) is 0. The molecule has 2 N–H and O–H groups in total. The quantitative estimate of drug-likeness (QED) is 0.807. The molecule has 0 atom stereocenters. The van der Waals surface area contributed by atoms with E-state index < -0.39 is 5.97 Å².